The van der Waals surface area contributed by atoms with E-state index in [2.05, 4.69) is 0 Å². The Labute approximate surface area is 290 Å². The van der Waals surface area contributed by atoms with Crippen LogP contribution >= 0.6 is 0 Å². The predicted molar refractivity (Wildman–Crippen MR) is 173 cm³/mol. The summed E-state index contributed by atoms with van der Waals surface area (Å²) < 4.78 is 29.5. The zero-order valence-electron chi connectivity index (χ0n) is 28.3. The summed E-state index contributed by atoms with van der Waals surface area (Å²) >= 11 is 0. The molecule has 270 valence electrons. The van der Waals surface area contributed by atoms with E-state index < -0.39 is 112 Å². The van der Waals surface area contributed by atoms with Crippen LogP contribution in [0.4, 0.5) is 0 Å². The number of phenols is 2. The topological polar surface area (TPSA) is 233 Å². The number of carbonyl (C=O) groups is 5. The quantitative estimate of drug-likeness (QED) is 0.214. The Morgan fingerprint density at radius 3 is 1.53 bits per heavy atom. The van der Waals surface area contributed by atoms with Gasteiger partial charge in [-0.15, -0.1) is 0 Å². The summed E-state index contributed by atoms with van der Waals surface area (Å²) in [7, 11) is 0. The maximum Gasteiger partial charge on any atom is 0.303 e. The van der Waals surface area contributed by atoms with Gasteiger partial charge < -0.3 is 49.2 Å². The third-order valence-electron chi connectivity index (χ3n) is 9.76. The van der Waals surface area contributed by atoms with Gasteiger partial charge in [0.25, 0.3) is 0 Å². The van der Waals surface area contributed by atoms with Crippen LogP contribution in [0.5, 0.6) is 23.0 Å². The van der Waals surface area contributed by atoms with E-state index in [9.17, 15) is 49.5 Å². The Kier molecular flexibility index (Phi) is 8.53. The van der Waals surface area contributed by atoms with Gasteiger partial charge in [-0.25, -0.2) is 0 Å². The van der Waals surface area contributed by atoms with Gasteiger partial charge in [-0.1, -0.05) is 13.8 Å². The van der Waals surface area contributed by atoms with Crippen molar-refractivity contribution in [2.75, 3.05) is 13.2 Å². The monoisotopic (exact) mass is 708 g/mol. The molecule has 2 aromatic rings. The minimum Gasteiger partial charge on any atom is -0.507 e. The Morgan fingerprint density at radius 1 is 0.706 bits per heavy atom. The molecule has 15 heteroatoms. The first-order valence-corrected chi connectivity index (χ1v) is 16.1. The van der Waals surface area contributed by atoms with Crippen LogP contribution in [-0.4, -0.2) is 91.6 Å². The van der Waals surface area contributed by atoms with Crippen LogP contribution in [0.1, 0.15) is 58.6 Å². The fourth-order valence-corrected chi connectivity index (χ4v) is 7.79. The van der Waals surface area contributed by atoms with Crippen molar-refractivity contribution in [3.63, 3.8) is 0 Å². The largest absolute Gasteiger partial charge is 0.507 e. The van der Waals surface area contributed by atoms with Gasteiger partial charge >= 0.3 is 17.9 Å². The van der Waals surface area contributed by atoms with Crippen LogP contribution in [-0.2, 0) is 38.2 Å². The molecule has 51 heavy (non-hydrogen) atoms. The van der Waals surface area contributed by atoms with Crippen molar-refractivity contribution < 1.29 is 73.2 Å². The van der Waals surface area contributed by atoms with Crippen molar-refractivity contribution in [1.82, 2.24) is 0 Å². The van der Waals surface area contributed by atoms with Gasteiger partial charge in [0.2, 0.25) is 11.2 Å². The molecule has 2 saturated carbocycles. The number of ketones is 2. The standard InChI is InChI=1S/C36H36O15/c1-14-10-23(43)27-29(45)25-21(41)8-6-19(31(25)50-35(27,12-37)33(14)48-17(4)39)20-7-9-22(42)26-30(46)28-24(44)11-15(2)34(49-18(5)40)36(28,51-32(20)26)13-47-16(3)38/h6-9,14-15,33-34,37,41-42,45-46H,10-13H2,1-5H3/t14-,15-,33-,34-,35+,36+/m0/s1. The first-order valence-electron chi connectivity index (χ1n) is 16.1. The van der Waals surface area contributed by atoms with Crippen molar-refractivity contribution in [2.24, 2.45) is 11.8 Å². The number of benzene rings is 2. The van der Waals surface area contributed by atoms with E-state index in [1.807, 2.05) is 0 Å². The average Bonchev–Trinajstić information content (AvgIpc) is 3.03. The van der Waals surface area contributed by atoms with Crippen molar-refractivity contribution in [1.29, 1.82) is 0 Å². The highest BCUT2D eigenvalue weighted by Crippen LogP contribution is 2.58. The second kappa shape index (κ2) is 12.3. The van der Waals surface area contributed by atoms with E-state index in [4.69, 9.17) is 23.7 Å². The van der Waals surface area contributed by atoms with Gasteiger partial charge in [-0.05, 0) is 24.3 Å². The van der Waals surface area contributed by atoms with Crippen LogP contribution in [0.25, 0.3) is 22.6 Å². The number of Topliss-reactive ketones (excluding diaryl/α,β-unsaturated/α-hetero) is 2. The molecule has 0 radical (unpaired) electrons. The minimum atomic E-state index is -2.14. The number of ether oxygens (including phenoxy) is 5. The van der Waals surface area contributed by atoms with E-state index in [0.29, 0.717) is 0 Å². The molecule has 2 heterocycles. The number of carbonyl (C=O) groups excluding carboxylic acids is 5. The number of esters is 3. The number of phenolic OH excluding ortho intramolecular Hbond substituents is 2. The maximum absolute atomic E-state index is 13.6. The van der Waals surface area contributed by atoms with Crippen molar-refractivity contribution in [2.45, 2.75) is 70.9 Å². The normalized spacial score (nSPS) is 28.0. The highest BCUT2D eigenvalue weighted by Gasteiger charge is 2.62. The fourth-order valence-electron chi connectivity index (χ4n) is 7.79. The molecule has 6 rings (SSSR count). The summed E-state index contributed by atoms with van der Waals surface area (Å²) in [6.45, 7) is 4.91. The van der Waals surface area contributed by atoms with E-state index in [1.165, 1.54) is 24.3 Å². The molecule has 5 N–H and O–H groups in total. The van der Waals surface area contributed by atoms with Gasteiger partial charge in [-0.3, -0.25) is 24.0 Å². The SMILES string of the molecule is CC(=O)OC[C@@]12Oc3c(-c4ccc(O)c5c4O[C@]4(CO)C(=C5O)C(=O)C[C@H](C)[C@@H]4OC(C)=O)ccc(O)c3C(O)=C1C(=O)C[C@H](C)[C@@H]2OC(C)=O. The van der Waals surface area contributed by atoms with Crippen molar-refractivity contribution in [3.05, 3.63) is 46.5 Å². The van der Waals surface area contributed by atoms with Crippen LogP contribution in [0.2, 0.25) is 0 Å². The zero-order chi connectivity index (χ0) is 37.3. The molecule has 2 aromatic carbocycles. The lowest BCUT2D eigenvalue weighted by Gasteiger charge is -2.49. The Morgan fingerprint density at radius 2 is 1.12 bits per heavy atom. The minimum absolute atomic E-state index is 0.00246. The molecule has 0 unspecified atom stereocenters. The first-order chi connectivity index (χ1) is 24.0. The molecule has 2 aliphatic heterocycles. The molecule has 15 nitrogen and oxygen atoms in total. The molecule has 0 saturated heterocycles. The van der Waals surface area contributed by atoms with Crippen molar-refractivity contribution in [3.8, 4) is 34.1 Å². The number of aliphatic hydroxyl groups is 3. The van der Waals surface area contributed by atoms with Crippen LogP contribution < -0.4 is 9.47 Å². The Hall–Kier alpha value is -5.57. The van der Waals surface area contributed by atoms with E-state index >= 15 is 0 Å². The molecule has 0 bridgehead atoms. The van der Waals surface area contributed by atoms with Crippen LogP contribution in [0, 0.1) is 11.8 Å². The number of fused-ring (bicyclic) bond motifs is 4. The van der Waals surface area contributed by atoms with Crippen molar-refractivity contribution >= 4 is 41.0 Å². The molecule has 6 atom stereocenters. The first kappa shape index (κ1) is 35.3. The second-order valence-corrected chi connectivity index (χ2v) is 13.3. The molecule has 0 spiro atoms. The Balaban J connectivity index is 1.65. The summed E-state index contributed by atoms with van der Waals surface area (Å²) in [5.41, 5.74) is -5.80. The maximum atomic E-state index is 13.6. The van der Waals surface area contributed by atoms with Gasteiger partial charge in [0.05, 0.1) is 17.8 Å². The summed E-state index contributed by atoms with van der Waals surface area (Å²) in [5, 5.41) is 56.4. The highest BCUT2D eigenvalue weighted by molar-refractivity contribution is 6.09. The highest BCUT2D eigenvalue weighted by atomic mass is 16.6. The summed E-state index contributed by atoms with van der Waals surface area (Å²) in [6, 6.07) is 5.00. The number of hydrogen-bond acceptors (Lipinski definition) is 15. The van der Waals surface area contributed by atoms with E-state index in [1.54, 1.807) is 13.8 Å². The molecule has 0 amide bonds. The average molecular weight is 709 g/mol. The third kappa shape index (κ3) is 5.25. The van der Waals surface area contributed by atoms with Crippen LogP contribution in [0.3, 0.4) is 0 Å². The molecular weight excluding hydrogens is 672 g/mol. The van der Waals surface area contributed by atoms with E-state index in [0.717, 1.165) is 20.8 Å². The van der Waals surface area contributed by atoms with Gasteiger partial charge in [-0.2, -0.15) is 0 Å². The molecule has 0 aromatic heterocycles. The van der Waals surface area contributed by atoms with Crippen LogP contribution in [0.15, 0.2) is 35.4 Å². The lowest BCUT2D eigenvalue weighted by atomic mass is 9.69. The molecular formula is C36H36O15. The Bertz CT molecular complexity index is 1970. The third-order valence-corrected chi connectivity index (χ3v) is 9.76. The lowest BCUT2D eigenvalue weighted by molar-refractivity contribution is -0.177. The van der Waals surface area contributed by atoms with Gasteiger partial charge in [0.1, 0.15) is 52.3 Å². The second-order valence-electron chi connectivity index (χ2n) is 13.3. The van der Waals surface area contributed by atoms with E-state index in [-0.39, 0.29) is 46.6 Å². The fraction of sp³-hybridized carbons (Fsp3) is 0.417. The summed E-state index contributed by atoms with van der Waals surface area (Å²) in [6.07, 6.45) is -2.97. The van der Waals surface area contributed by atoms with Gasteiger partial charge in [0, 0.05) is 56.6 Å². The number of rotatable bonds is 6. The smallest absolute Gasteiger partial charge is 0.303 e. The number of aliphatic hydroxyl groups excluding tert-OH is 3. The predicted octanol–water partition coefficient (Wildman–Crippen LogP) is 3.20. The summed E-state index contributed by atoms with van der Waals surface area (Å²) in [5.74, 6) is -8.15. The van der Waals surface area contributed by atoms with Gasteiger partial charge in [0.15, 0.2) is 23.8 Å². The number of hydrogen-bond donors (Lipinski definition) is 5. The zero-order valence-corrected chi connectivity index (χ0v) is 28.3. The molecule has 2 fully saturated rings. The molecule has 4 aliphatic rings. The summed E-state index contributed by atoms with van der Waals surface area (Å²) in [4.78, 5) is 63.7. The lowest BCUT2D eigenvalue weighted by Crippen LogP contribution is -2.63. The number of aromatic hydroxyl groups is 2. The molecule has 2 aliphatic carbocycles.